The molecule has 4 amide bonds. The Bertz CT molecular complexity index is 1020. The molecule has 1 atom stereocenters. The van der Waals surface area contributed by atoms with Gasteiger partial charge >= 0.3 is 6.09 Å². The van der Waals surface area contributed by atoms with E-state index in [1.807, 2.05) is 26.8 Å². The fourth-order valence-corrected chi connectivity index (χ4v) is 3.05. The molecule has 5 N–H and O–H groups in total. The third kappa shape index (κ3) is 8.38. The smallest absolute Gasteiger partial charge is 0.429 e. The van der Waals surface area contributed by atoms with Gasteiger partial charge in [-0.3, -0.25) is 19.8 Å². The van der Waals surface area contributed by atoms with Crippen molar-refractivity contribution in [2.24, 2.45) is 11.1 Å². The number of benzene rings is 1. The minimum atomic E-state index is -1.00. The minimum absolute atomic E-state index is 0.0608. The molecule has 0 saturated heterocycles. The fraction of sp³-hybridized carbons (Fsp3) is 0.522. The zero-order valence-electron chi connectivity index (χ0n) is 20.5. The maximum atomic E-state index is 13.2. The van der Waals surface area contributed by atoms with E-state index in [4.69, 9.17) is 10.5 Å². The summed E-state index contributed by atoms with van der Waals surface area (Å²) in [6.45, 7) is 10.6. The van der Waals surface area contributed by atoms with Gasteiger partial charge in [0.1, 0.15) is 11.6 Å². The molecule has 34 heavy (non-hydrogen) atoms. The number of carbonyl (C=O) groups excluding carboxylic acids is 4. The highest BCUT2D eigenvalue weighted by atomic mass is 16.6. The average molecular weight is 475 g/mol. The number of nitrogens with one attached hydrogen (secondary N) is 3. The fourth-order valence-electron chi connectivity index (χ4n) is 3.05. The molecule has 11 nitrogen and oxygen atoms in total. The van der Waals surface area contributed by atoms with Crippen molar-refractivity contribution >= 4 is 34.8 Å². The average Bonchev–Trinajstić information content (AvgIpc) is 3.12. The van der Waals surface area contributed by atoms with Crippen LogP contribution < -0.4 is 16.5 Å². The molecule has 2 rings (SSSR count). The molecule has 0 fully saturated rings. The number of rotatable bonds is 7. The van der Waals surface area contributed by atoms with Crippen LogP contribution in [0.2, 0.25) is 0 Å². The monoisotopic (exact) mass is 474 g/mol. The number of imidazole rings is 1. The third-order valence-electron chi connectivity index (χ3n) is 4.48. The summed E-state index contributed by atoms with van der Waals surface area (Å²) >= 11 is 0. The molecule has 186 valence electrons. The number of aromatic amines is 1. The molecule has 0 bridgehead atoms. The second-order valence-corrected chi connectivity index (χ2v) is 10.2. The Labute approximate surface area is 198 Å². The molecule has 1 unspecified atom stereocenters. The first-order chi connectivity index (χ1) is 15.6. The number of para-hydroxylation sites is 2. The lowest BCUT2D eigenvalue weighted by Gasteiger charge is -2.30. The lowest BCUT2D eigenvalue weighted by molar-refractivity contribution is -0.129. The van der Waals surface area contributed by atoms with Crippen molar-refractivity contribution in [3.63, 3.8) is 0 Å². The Hall–Kier alpha value is -3.63. The van der Waals surface area contributed by atoms with Crippen LogP contribution in [0.5, 0.6) is 0 Å². The van der Waals surface area contributed by atoms with E-state index < -0.39 is 35.5 Å². The summed E-state index contributed by atoms with van der Waals surface area (Å²) in [5.74, 6) is -1.80. The summed E-state index contributed by atoms with van der Waals surface area (Å²) in [4.78, 5) is 57.1. The SMILES string of the molecule is CC(C)(C)CC(NC(=O)c1nc2ccccc2[nH]1)C(=O)NN(CCC(N)=O)C(=O)OC(C)(C)C. The van der Waals surface area contributed by atoms with Crippen LogP contribution in [-0.4, -0.2) is 57.0 Å². The number of hydrogen-bond donors (Lipinski definition) is 4. The molecule has 2 aromatic rings. The molecule has 0 aliphatic rings. The van der Waals surface area contributed by atoms with E-state index in [2.05, 4.69) is 20.7 Å². The predicted molar refractivity (Wildman–Crippen MR) is 126 cm³/mol. The van der Waals surface area contributed by atoms with Crippen LogP contribution in [0.3, 0.4) is 0 Å². The van der Waals surface area contributed by atoms with Crippen molar-refractivity contribution in [1.29, 1.82) is 0 Å². The van der Waals surface area contributed by atoms with Gasteiger partial charge in [-0.15, -0.1) is 0 Å². The van der Waals surface area contributed by atoms with Crippen LogP contribution in [0, 0.1) is 5.41 Å². The Morgan fingerprint density at radius 2 is 1.76 bits per heavy atom. The van der Waals surface area contributed by atoms with Crippen LogP contribution in [0.15, 0.2) is 24.3 Å². The van der Waals surface area contributed by atoms with Gasteiger partial charge in [-0.25, -0.2) is 14.8 Å². The highest BCUT2D eigenvalue weighted by Crippen LogP contribution is 2.21. The molecule has 0 aliphatic carbocycles. The summed E-state index contributed by atoms with van der Waals surface area (Å²) in [5, 5.41) is 3.58. The van der Waals surface area contributed by atoms with E-state index in [0.717, 1.165) is 5.01 Å². The molecule has 1 heterocycles. The van der Waals surface area contributed by atoms with Gasteiger partial charge in [-0.05, 0) is 44.7 Å². The van der Waals surface area contributed by atoms with E-state index in [1.54, 1.807) is 39.0 Å². The predicted octanol–water partition coefficient (Wildman–Crippen LogP) is 2.24. The van der Waals surface area contributed by atoms with Gasteiger partial charge in [0.05, 0.1) is 17.6 Å². The third-order valence-corrected chi connectivity index (χ3v) is 4.48. The number of aromatic nitrogens is 2. The van der Waals surface area contributed by atoms with E-state index in [1.165, 1.54) is 0 Å². The molecule has 0 spiro atoms. The van der Waals surface area contributed by atoms with Gasteiger partial charge in [0.15, 0.2) is 5.82 Å². The number of hydrazine groups is 1. The largest absolute Gasteiger partial charge is 0.442 e. The lowest BCUT2D eigenvalue weighted by atomic mass is 9.88. The quantitative estimate of drug-likeness (QED) is 0.450. The lowest BCUT2D eigenvalue weighted by Crippen LogP contribution is -2.56. The first-order valence-corrected chi connectivity index (χ1v) is 11.0. The van der Waals surface area contributed by atoms with Gasteiger partial charge in [-0.1, -0.05) is 32.9 Å². The highest BCUT2D eigenvalue weighted by molar-refractivity contribution is 5.97. The molecular formula is C23H34N6O5. The molecule has 1 aromatic carbocycles. The summed E-state index contributed by atoms with van der Waals surface area (Å²) in [5.41, 5.74) is 7.81. The molecular weight excluding hydrogens is 440 g/mol. The Morgan fingerprint density at radius 3 is 2.32 bits per heavy atom. The maximum Gasteiger partial charge on any atom is 0.429 e. The standard InChI is InChI=1S/C23H34N6O5/c1-22(2,3)13-16(27-20(32)18-25-14-9-7-8-10-15(14)26-18)19(31)28-29(12-11-17(24)30)21(33)34-23(4,5)6/h7-10,16H,11-13H2,1-6H3,(H2,24,30)(H,25,26)(H,27,32)(H,28,31). The van der Waals surface area contributed by atoms with E-state index in [-0.39, 0.29) is 30.6 Å². The van der Waals surface area contributed by atoms with Crippen molar-refractivity contribution in [1.82, 2.24) is 25.7 Å². The van der Waals surface area contributed by atoms with Crippen LogP contribution in [0.25, 0.3) is 11.0 Å². The maximum absolute atomic E-state index is 13.2. The number of ether oxygens (including phenoxy) is 1. The first kappa shape index (κ1) is 26.6. The van der Waals surface area contributed by atoms with E-state index in [9.17, 15) is 19.2 Å². The first-order valence-electron chi connectivity index (χ1n) is 11.0. The Kier molecular flexibility index (Phi) is 8.25. The topological polar surface area (TPSA) is 160 Å². The van der Waals surface area contributed by atoms with Crippen LogP contribution in [0.4, 0.5) is 4.79 Å². The van der Waals surface area contributed by atoms with Crippen molar-refractivity contribution in [2.75, 3.05) is 6.54 Å². The summed E-state index contributed by atoms with van der Waals surface area (Å²) in [6, 6.07) is 6.17. The van der Waals surface area contributed by atoms with Crippen LogP contribution in [0.1, 0.15) is 65.0 Å². The van der Waals surface area contributed by atoms with Gasteiger partial charge in [-0.2, -0.15) is 0 Å². The van der Waals surface area contributed by atoms with Crippen molar-refractivity contribution in [3.8, 4) is 0 Å². The number of amides is 4. The zero-order chi connectivity index (χ0) is 25.7. The molecule has 11 heteroatoms. The number of fused-ring (bicyclic) bond motifs is 1. The molecule has 0 saturated carbocycles. The van der Waals surface area contributed by atoms with Crippen LogP contribution >= 0.6 is 0 Å². The highest BCUT2D eigenvalue weighted by Gasteiger charge is 2.31. The number of nitrogens with two attached hydrogens (primary N) is 1. The number of hydrogen-bond acceptors (Lipinski definition) is 6. The van der Waals surface area contributed by atoms with Gasteiger partial charge in [0.25, 0.3) is 11.8 Å². The van der Waals surface area contributed by atoms with Gasteiger partial charge in [0, 0.05) is 6.42 Å². The number of primary amides is 1. The van der Waals surface area contributed by atoms with E-state index >= 15 is 0 Å². The van der Waals surface area contributed by atoms with Gasteiger partial charge in [0.2, 0.25) is 5.91 Å². The van der Waals surface area contributed by atoms with Crippen molar-refractivity contribution < 1.29 is 23.9 Å². The summed E-state index contributed by atoms with van der Waals surface area (Å²) < 4.78 is 5.32. The van der Waals surface area contributed by atoms with E-state index in [0.29, 0.717) is 11.0 Å². The minimum Gasteiger partial charge on any atom is -0.442 e. The molecule has 0 radical (unpaired) electrons. The number of nitrogens with zero attached hydrogens (tertiary/aromatic N) is 2. The van der Waals surface area contributed by atoms with Crippen LogP contribution in [-0.2, 0) is 14.3 Å². The number of H-pyrrole nitrogens is 1. The Balaban J connectivity index is 2.22. The zero-order valence-corrected chi connectivity index (χ0v) is 20.5. The number of carbonyl (C=O) groups is 4. The summed E-state index contributed by atoms with van der Waals surface area (Å²) in [7, 11) is 0. The summed E-state index contributed by atoms with van der Waals surface area (Å²) in [6.07, 6.45) is -0.766. The molecule has 0 aliphatic heterocycles. The van der Waals surface area contributed by atoms with Crippen molar-refractivity contribution in [3.05, 3.63) is 30.1 Å². The second kappa shape index (κ2) is 10.5. The second-order valence-electron chi connectivity index (χ2n) is 10.2. The van der Waals surface area contributed by atoms with Gasteiger partial charge < -0.3 is 20.8 Å². The molecule has 1 aromatic heterocycles. The normalized spacial score (nSPS) is 12.6. The Morgan fingerprint density at radius 1 is 1.12 bits per heavy atom. The van der Waals surface area contributed by atoms with Crippen molar-refractivity contribution in [2.45, 2.75) is 66.0 Å².